The average Bonchev–Trinajstić information content (AvgIpc) is 3.37. The Morgan fingerprint density at radius 3 is 2.59 bits per heavy atom. The van der Waals surface area contributed by atoms with Crippen molar-refractivity contribution in [2.75, 3.05) is 13.1 Å². The van der Waals surface area contributed by atoms with Gasteiger partial charge in [0, 0.05) is 5.92 Å². The van der Waals surface area contributed by atoms with Gasteiger partial charge in [-0.2, -0.15) is 0 Å². The Kier molecular flexibility index (Phi) is 4.77. The Morgan fingerprint density at radius 2 is 1.79 bits per heavy atom. The molecule has 4 aromatic rings. The van der Waals surface area contributed by atoms with Crippen LogP contribution in [0.2, 0.25) is 0 Å². The van der Waals surface area contributed by atoms with Gasteiger partial charge in [0.25, 0.3) is 0 Å². The number of nitrogens with one attached hydrogen (secondary N) is 1. The van der Waals surface area contributed by atoms with Crippen LogP contribution >= 0.6 is 0 Å². The highest BCUT2D eigenvalue weighted by atomic mass is 19.1. The van der Waals surface area contributed by atoms with E-state index in [9.17, 15) is 4.39 Å². The van der Waals surface area contributed by atoms with Gasteiger partial charge in [0.1, 0.15) is 11.6 Å². The molecule has 0 atom stereocenters. The van der Waals surface area contributed by atoms with Gasteiger partial charge in [-0.05, 0) is 66.2 Å². The second-order valence-electron chi connectivity index (χ2n) is 7.57. The summed E-state index contributed by atoms with van der Waals surface area (Å²) in [7, 11) is 0. The zero-order valence-electron chi connectivity index (χ0n) is 16.0. The number of fused-ring (bicyclic) bond motifs is 1. The first-order chi connectivity index (χ1) is 14.2. The second-order valence-corrected chi connectivity index (χ2v) is 7.57. The lowest BCUT2D eigenvalue weighted by Gasteiger charge is -2.30. The molecule has 29 heavy (non-hydrogen) atoms. The van der Waals surface area contributed by atoms with Crippen LogP contribution in [0.5, 0.6) is 0 Å². The van der Waals surface area contributed by atoms with Crippen LogP contribution in [-0.2, 0) is 13.1 Å². The monoisotopic (exact) mass is 391 g/mol. The van der Waals surface area contributed by atoms with Gasteiger partial charge in [-0.15, -0.1) is 5.10 Å². The quantitative estimate of drug-likeness (QED) is 0.566. The predicted molar refractivity (Wildman–Crippen MR) is 107 cm³/mol. The molecule has 1 N–H and O–H groups in total. The van der Waals surface area contributed by atoms with Crippen molar-refractivity contribution in [3.05, 3.63) is 71.6 Å². The first-order valence-corrected chi connectivity index (χ1v) is 9.91. The van der Waals surface area contributed by atoms with E-state index in [1.54, 1.807) is 16.8 Å². The molecule has 2 aromatic carbocycles. The normalized spacial score (nSPS) is 15.9. The number of tetrazole rings is 1. The van der Waals surface area contributed by atoms with Crippen LogP contribution in [0.4, 0.5) is 4.39 Å². The van der Waals surface area contributed by atoms with Gasteiger partial charge in [-0.25, -0.2) is 14.1 Å². The van der Waals surface area contributed by atoms with E-state index in [2.05, 4.69) is 31.5 Å². The number of nitrogens with zero attached hydrogens (tertiary/aromatic N) is 6. The number of halogens is 1. The predicted octanol–water partition coefficient (Wildman–Crippen LogP) is 3.12. The minimum atomic E-state index is -0.238. The molecule has 0 saturated carbocycles. The number of aromatic amines is 1. The van der Waals surface area contributed by atoms with Gasteiger partial charge >= 0.3 is 0 Å². The van der Waals surface area contributed by atoms with E-state index in [1.807, 2.05) is 18.2 Å². The molecule has 0 aliphatic carbocycles. The van der Waals surface area contributed by atoms with Crippen molar-refractivity contribution in [1.82, 2.24) is 35.1 Å². The lowest BCUT2D eigenvalue weighted by molar-refractivity contribution is 0.195. The van der Waals surface area contributed by atoms with E-state index in [0.717, 1.165) is 54.2 Å². The van der Waals surface area contributed by atoms with E-state index < -0.39 is 0 Å². The number of aromatic nitrogens is 6. The molecule has 1 aliphatic rings. The molecule has 148 valence electrons. The van der Waals surface area contributed by atoms with Crippen LogP contribution < -0.4 is 0 Å². The fourth-order valence-electron chi connectivity index (χ4n) is 3.95. The summed E-state index contributed by atoms with van der Waals surface area (Å²) in [5.74, 6) is 2.13. The Labute approximate surface area is 167 Å². The highest BCUT2D eigenvalue weighted by Gasteiger charge is 2.24. The maximum Gasteiger partial charge on any atom is 0.165 e. The Balaban J connectivity index is 1.21. The van der Waals surface area contributed by atoms with E-state index in [-0.39, 0.29) is 5.82 Å². The van der Waals surface area contributed by atoms with E-state index in [0.29, 0.717) is 19.0 Å². The van der Waals surface area contributed by atoms with Crippen LogP contribution in [0.25, 0.3) is 11.0 Å². The molecule has 0 radical (unpaired) electrons. The van der Waals surface area contributed by atoms with Crippen LogP contribution in [-0.4, -0.2) is 48.2 Å². The minimum Gasteiger partial charge on any atom is -0.342 e. The van der Waals surface area contributed by atoms with Crippen molar-refractivity contribution in [3.63, 3.8) is 0 Å². The maximum atomic E-state index is 13.1. The summed E-state index contributed by atoms with van der Waals surface area (Å²) in [6, 6.07) is 14.6. The summed E-state index contributed by atoms with van der Waals surface area (Å²) in [5.41, 5.74) is 3.11. The standard InChI is InChI=1S/C21H22FN7/c22-17-7-5-15(6-8-17)13-29-20(25-26-27-29)14-28-11-9-16(10-12-28)21-23-18-3-1-2-4-19(18)24-21/h1-8,16H,9-14H2,(H,23,24). The van der Waals surface area contributed by atoms with Crippen LogP contribution in [0, 0.1) is 5.82 Å². The van der Waals surface area contributed by atoms with E-state index in [4.69, 9.17) is 4.98 Å². The summed E-state index contributed by atoms with van der Waals surface area (Å²) in [6.45, 7) is 3.20. The third-order valence-corrected chi connectivity index (χ3v) is 5.60. The first kappa shape index (κ1) is 17.9. The van der Waals surface area contributed by atoms with Crippen molar-refractivity contribution >= 4 is 11.0 Å². The molecule has 0 unspecified atom stereocenters. The molecule has 2 aromatic heterocycles. The highest BCUT2D eigenvalue weighted by Crippen LogP contribution is 2.28. The summed E-state index contributed by atoms with van der Waals surface area (Å²) >= 11 is 0. The molecular weight excluding hydrogens is 369 g/mol. The summed E-state index contributed by atoms with van der Waals surface area (Å²) in [5, 5.41) is 12.1. The van der Waals surface area contributed by atoms with Crippen molar-refractivity contribution in [2.45, 2.75) is 31.8 Å². The summed E-state index contributed by atoms with van der Waals surface area (Å²) < 4.78 is 14.9. The number of hydrogen-bond acceptors (Lipinski definition) is 5. The smallest absolute Gasteiger partial charge is 0.165 e. The van der Waals surface area contributed by atoms with Crippen molar-refractivity contribution in [2.24, 2.45) is 0 Å². The molecule has 1 saturated heterocycles. The van der Waals surface area contributed by atoms with Crippen molar-refractivity contribution in [3.8, 4) is 0 Å². The fraction of sp³-hybridized carbons (Fsp3) is 0.333. The van der Waals surface area contributed by atoms with Gasteiger partial charge < -0.3 is 4.98 Å². The maximum absolute atomic E-state index is 13.1. The van der Waals surface area contributed by atoms with Gasteiger partial charge in [-0.1, -0.05) is 24.3 Å². The first-order valence-electron chi connectivity index (χ1n) is 9.91. The molecule has 3 heterocycles. The molecule has 0 spiro atoms. The average molecular weight is 391 g/mol. The topological polar surface area (TPSA) is 75.5 Å². The molecule has 1 aliphatic heterocycles. The van der Waals surface area contributed by atoms with Crippen LogP contribution in [0.3, 0.4) is 0 Å². The van der Waals surface area contributed by atoms with E-state index >= 15 is 0 Å². The largest absolute Gasteiger partial charge is 0.342 e. The van der Waals surface area contributed by atoms with Gasteiger partial charge in [0.05, 0.1) is 24.1 Å². The van der Waals surface area contributed by atoms with Crippen LogP contribution in [0.1, 0.15) is 36.0 Å². The second kappa shape index (κ2) is 7.71. The van der Waals surface area contributed by atoms with E-state index in [1.165, 1.54) is 12.1 Å². The molecule has 8 heteroatoms. The lowest BCUT2D eigenvalue weighted by atomic mass is 9.96. The zero-order chi connectivity index (χ0) is 19.6. The van der Waals surface area contributed by atoms with Crippen molar-refractivity contribution in [1.29, 1.82) is 0 Å². The minimum absolute atomic E-state index is 0.238. The number of para-hydroxylation sites is 2. The highest BCUT2D eigenvalue weighted by molar-refractivity contribution is 5.74. The molecular formula is C21H22FN7. The van der Waals surface area contributed by atoms with Gasteiger partial charge in [0.15, 0.2) is 5.82 Å². The number of hydrogen-bond donors (Lipinski definition) is 1. The zero-order valence-corrected chi connectivity index (χ0v) is 16.0. The number of rotatable bonds is 5. The number of imidazole rings is 1. The number of H-pyrrole nitrogens is 1. The molecule has 1 fully saturated rings. The Morgan fingerprint density at radius 1 is 1.00 bits per heavy atom. The number of likely N-dealkylation sites (tertiary alicyclic amines) is 1. The number of benzene rings is 2. The van der Waals surface area contributed by atoms with Crippen molar-refractivity contribution < 1.29 is 4.39 Å². The van der Waals surface area contributed by atoms with Gasteiger partial charge in [-0.3, -0.25) is 4.90 Å². The Hall–Kier alpha value is -3.13. The molecule has 0 amide bonds. The lowest BCUT2D eigenvalue weighted by Crippen LogP contribution is -2.33. The van der Waals surface area contributed by atoms with Crippen LogP contribution in [0.15, 0.2) is 48.5 Å². The SMILES string of the molecule is Fc1ccc(Cn2nnnc2CN2CCC(c3nc4ccccc4[nH]3)CC2)cc1. The summed E-state index contributed by atoms with van der Waals surface area (Å²) in [4.78, 5) is 10.6. The Bertz CT molecular complexity index is 1060. The fourth-order valence-corrected chi connectivity index (χ4v) is 3.95. The molecule has 5 rings (SSSR count). The molecule has 7 nitrogen and oxygen atoms in total. The third kappa shape index (κ3) is 3.88. The number of piperidine rings is 1. The van der Waals surface area contributed by atoms with Gasteiger partial charge in [0.2, 0.25) is 0 Å². The third-order valence-electron chi connectivity index (χ3n) is 5.60. The molecule has 0 bridgehead atoms. The summed E-state index contributed by atoms with van der Waals surface area (Å²) in [6.07, 6.45) is 2.11.